The van der Waals surface area contributed by atoms with Gasteiger partial charge in [0, 0.05) is 0 Å². The van der Waals surface area contributed by atoms with Crippen LogP contribution < -0.4 is 5.19 Å². The van der Waals surface area contributed by atoms with Crippen molar-refractivity contribution in [2.75, 3.05) is 13.1 Å². The fraction of sp³-hybridized carbons (Fsp3) is 0.455. The SMILES string of the molecule is CCN(CC)[Si](C)c1ccccc1. The molecule has 0 spiro atoms. The van der Waals surface area contributed by atoms with E-state index in [0.717, 1.165) is 13.1 Å². The first-order valence-corrected chi connectivity index (χ1v) is 6.88. The van der Waals surface area contributed by atoms with Crippen molar-refractivity contribution in [1.82, 2.24) is 4.57 Å². The fourth-order valence-electron chi connectivity index (χ4n) is 1.56. The summed E-state index contributed by atoms with van der Waals surface area (Å²) in [5, 5.41) is 1.51. The quantitative estimate of drug-likeness (QED) is 0.658. The summed E-state index contributed by atoms with van der Waals surface area (Å²) in [7, 11) is -0.474. The van der Waals surface area contributed by atoms with Crippen LogP contribution in [-0.2, 0) is 0 Å². The largest absolute Gasteiger partial charge is 0.321 e. The molecule has 1 nitrogen and oxygen atoms in total. The molecule has 1 aromatic rings. The molecule has 0 unspecified atom stereocenters. The third-order valence-corrected chi connectivity index (χ3v) is 5.18. The van der Waals surface area contributed by atoms with E-state index in [1.807, 2.05) is 0 Å². The molecule has 0 heterocycles. The first-order valence-electron chi connectivity index (χ1n) is 4.93. The molecular formula is C11H18NSi. The molecule has 1 rings (SSSR count). The Morgan fingerprint density at radius 3 is 2.08 bits per heavy atom. The molecule has 2 heteroatoms. The van der Waals surface area contributed by atoms with E-state index in [1.165, 1.54) is 5.19 Å². The van der Waals surface area contributed by atoms with E-state index in [2.05, 4.69) is 55.3 Å². The highest BCUT2D eigenvalue weighted by atomic mass is 28.3. The zero-order chi connectivity index (χ0) is 9.68. The number of rotatable bonds is 4. The van der Waals surface area contributed by atoms with E-state index in [-0.39, 0.29) is 0 Å². The molecular weight excluding hydrogens is 174 g/mol. The first-order chi connectivity index (χ1) is 6.29. The highest BCUT2D eigenvalue weighted by Crippen LogP contribution is 1.95. The maximum absolute atomic E-state index is 2.56. The molecule has 0 N–H and O–H groups in total. The van der Waals surface area contributed by atoms with E-state index in [9.17, 15) is 0 Å². The summed E-state index contributed by atoms with van der Waals surface area (Å²) in [5.74, 6) is 0. The minimum atomic E-state index is -0.474. The van der Waals surface area contributed by atoms with Gasteiger partial charge < -0.3 is 4.57 Å². The normalized spacial score (nSPS) is 11.2. The summed E-state index contributed by atoms with van der Waals surface area (Å²) in [6.45, 7) is 9.17. The fourth-order valence-corrected chi connectivity index (χ4v) is 3.55. The molecule has 0 fully saturated rings. The van der Waals surface area contributed by atoms with Gasteiger partial charge in [-0.2, -0.15) is 0 Å². The number of benzene rings is 1. The molecule has 1 aromatic carbocycles. The lowest BCUT2D eigenvalue weighted by atomic mass is 10.4. The average molecular weight is 192 g/mol. The smallest absolute Gasteiger partial charge is 0.169 e. The Kier molecular flexibility index (Phi) is 4.19. The van der Waals surface area contributed by atoms with E-state index in [4.69, 9.17) is 0 Å². The highest BCUT2D eigenvalue weighted by Gasteiger charge is 2.13. The molecule has 71 valence electrons. The Labute approximate surface area is 83.1 Å². The molecule has 0 atom stereocenters. The van der Waals surface area contributed by atoms with Gasteiger partial charge >= 0.3 is 0 Å². The first kappa shape index (κ1) is 10.5. The number of hydrogen-bond acceptors (Lipinski definition) is 1. The Morgan fingerprint density at radius 2 is 1.62 bits per heavy atom. The van der Waals surface area contributed by atoms with Gasteiger partial charge in [0.1, 0.15) is 0 Å². The van der Waals surface area contributed by atoms with Crippen LogP contribution in [0.4, 0.5) is 0 Å². The molecule has 0 aliphatic carbocycles. The van der Waals surface area contributed by atoms with Crippen molar-refractivity contribution in [1.29, 1.82) is 0 Å². The van der Waals surface area contributed by atoms with Crippen LogP contribution in [0.15, 0.2) is 30.3 Å². The molecule has 0 aromatic heterocycles. The number of hydrogen-bond donors (Lipinski definition) is 0. The lowest BCUT2D eigenvalue weighted by molar-refractivity contribution is 0.487. The number of nitrogens with zero attached hydrogens (tertiary/aromatic N) is 1. The summed E-state index contributed by atoms with van der Waals surface area (Å²) in [6, 6.07) is 10.8. The van der Waals surface area contributed by atoms with Gasteiger partial charge in [-0.3, -0.25) is 0 Å². The molecule has 0 saturated carbocycles. The van der Waals surface area contributed by atoms with Crippen LogP contribution in [0.25, 0.3) is 0 Å². The summed E-state index contributed by atoms with van der Waals surface area (Å²) in [5.41, 5.74) is 0. The van der Waals surface area contributed by atoms with Crippen LogP contribution in [0.2, 0.25) is 6.55 Å². The third-order valence-electron chi connectivity index (χ3n) is 2.43. The van der Waals surface area contributed by atoms with E-state index in [1.54, 1.807) is 0 Å². The van der Waals surface area contributed by atoms with Crippen molar-refractivity contribution in [2.24, 2.45) is 0 Å². The van der Waals surface area contributed by atoms with Crippen molar-refractivity contribution in [3.8, 4) is 0 Å². The monoisotopic (exact) mass is 192 g/mol. The van der Waals surface area contributed by atoms with E-state index < -0.39 is 8.96 Å². The zero-order valence-electron chi connectivity index (χ0n) is 8.75. The topological polar surface area (TPSA) is 3.24 Å². The molecule has 0 bridgehead atoms. The second kappa shape index (κ2) is 5.20. The Morgan fingerprint density at radius 1 is 1.08 bits per heavy atom. The lowest BCUT2D eigenvalue weighted by Gasteiger charge is -2.24. The zero-order valence-corrected chi connectivity index (χ0v) is 9.75. The predicted molar refractivity (Wildman–Crippen MR) is 60.6 cm³/mol. The molecule has 0 aliphatic heterocycles. The molecule has 0 aliphatic rings. The van der Waals surface area contributed by atoms with Crippen molar-refractivity contribution in [2.45, 2.75) is 20.4 Å². The standard InChI is InChI=1S/C11H18NSi/c1-4-12(5-2)13(3)11-9-7-6-8-10-11/h6-10H,4-5H2,1-3H3. The van der Waals surface area contributed by atoms with Gasteiger partial charge in [-0.05, 0) is 18.3 Å². The lowest BCUT2D eigenvalue weighted by Crippen LogP contribution is -2.45. The van der Waals surface area contributed by atoms with Gasteiger partial charge in [0.05, 0.1) is 0 Å². The molecule has 0 saturated heterocycles. The summed E-state index contributed by atoms with van der Waals surface area (Å²) in [6.07, 6.45) is 0. The Bertz CT molecular complexity index is 231. The molecule has 13 heavy (non-hydrogen) atoms. The van der Waals surface area contributed by atoms with Crippen LogP contribution >= 0.6 is 0 Å². The van der Waals surface area contributed by atoms with Crippen LogP contribution in [0.1, 0.15) is 13.8 Å². The van der Waals surface area contributed by atoms with Gasteiger partial charge in [0.25, 0.3) is 0 Å². The minimum absolute atomic E-state index is 0.474. The van der Waals surface area contributed by atoms with E-state index >= 15 is 0 Å². The van der Waals surface area contributed by atoms with Crippen LogP contribution in [-0.4, -0.2) is 26.6 Å². The van der Waals surface area contributed by atoms with Gasteiger partial charge in [0.2, 0.25) is 0 Å². The highest BCUT2D eigenvalue weighted by molar-refractivity contribution is 6.69. The van der Waals surface area contributed by atoms with Crippen LogP contribution in [0, 0.1) is 0 Å². The molecule has 0 amide bonds. The van der Waals surface area contributed by atoms with Crippen molar-refractivity contribution in [3.63, 3.8) is 0 Å². The maximum Gasteiger partial charge on any atom is 0.169 e. The summed E-state index contributed by atoms with van der Waals surface area (Å²) in [4.78, 5) is 0. The van der Waals surface area contributed by atoms with Crippen LogP contribution in [0.5, 0.6) is 0 Å². The van der Waals surface area contributed by atoms with Gasteiger partial charge in [-0.15, -0.1) is 0 Å². The second-order valence-corrected chi connectivity index (χ2v) is 5.50. The van der Waals surface area contributed by atoms with Crippen molar-refractivity contribution < 1.29 is 0 Å². The summed E-state index contributed by atoms with van der Waals surface area (Å²) >= 11 is 0. The second-order valence-electron chi connectivity index (χ2n) is 3.12. The Balaban J connectivity index is 2.72. The average Bonchev–Trinajstić information content (AvgIpc) is 2.21. The van der Waals surface area contributed by atoms with E-state index in [0.29, 0.717) is 0 Å². The molecule has 1 radical (unpaired) electrons. The minimum Gasteiger partial charge on any atom is -0.321 e. The van der Waals surface area contributed by atoms with Gasteiger partial charge in [0.15, 0.2) is 8.96 Å². The van der Waals surface area contributed by atoms with Gasteiger partial charge in [-0.25, -0.2) is 0 Å². The predicted octanol–water partition coefficient (Wildman–Crippen LogP) is 1.86. The maximum atomic E-state index is 2.56. The Hall–Kier alpha value is -0.603. The third kappa shape index (κ3) is 2.67. The van der Waals surface area contributed by atoms with Crippen molar-refractivity contribution in [3.05, 3.63) is 30.3 Å². The summed E-state index contributed by atoms with van der Waals surface area (Å²) < 4.78 is 2.56. The van der Waals surface area contributed by atoms with Crippen LogP contribution in [0.3, 0.4) is 0 Å². The van der Waals surface area contributed by atoms with Crippen molar-refractivity contribution >= 4 is 14.1 Å². The van der Waals surface area contributed by atoms with Gasteiger partial charge in [-0.1, -0.05) is 50.7 Å².